The molecule has 0 bridgehead atoms. The zero-order valence-corrected chi connectivity index (χ0v) is 14.0. The van der Waals surface area contributed by atoms with Gasteiger partial charge in [-0.1, -0.05) is 46.2 Å². The van der Waals surface area contributed by atoms with E-state index in [1.54, 1.807) is 0 Å². The molecule has 0 amide bonds. The van der Waals surface area contributed by atoms with Crippen LogP contribution in [0.1, 0.15) is 35.4 Å². The first-order valence-electron chi connectivity index (χ1n) is 7.08. The molecule has 4 nitrogen and oxygen atoms in total. The fourth-order valence-corrected chi connectivity index (χ4v) is 3.36. The third-order valence-electron chi connectivity index (χ3n) is 3.50. The van der Waals surface area contributed by atoms with Crippen LogP contribution < -0.4 is 0 Å². The van der Waals surface area contributed by atoms with E-state index in [0.29, 0.717) is 5.75 Å². The molecule has 0 spiro atoms. The highest BCUT2D eigenvalue weighted by molar-refractivity contribution is 9.10. The molecule has 2 heterocycles. The summed E-state index contributed by atoms with van der Waals surface area (Å²) in [7, 11) is 0. The molecule has 0 aliphatic carbocycles. The number of carbonyl (C=O) groups is 1. The van der Waals surface area contributed by atoms with Crippen molar-refractivity contribution < 1.29 is 4.79 Å². The fourth-order valence-electron chi connectivity index (χ4n) is 2.35. The van der Waals surface area contributed by atoms with Crippen molar-refractivity contribution in [3.05, 3.63) is 40.1 Å². The number of aryl methyl sites for hydroxylation is 2. The molecular formula is C15H16BrN3OS. The van der Waals surface area contributed by atoms with Crippen molar-refractivity contribution in [1.82, 2.24) is 14.8 Å². The summed E-state index contributed by atoms with van der Waals surface area (Å²) in [6.07, 6.45) is 4.59. The van der Waals surface area contributed by atoms with E-state index in [2.05, 4.69) is 26.0 Å². The van der Waals surface area contributed by atoms with E-state index in [-0.39, 0.29) is 5.78 Å². The smallest absolute Gasteiger partial charge is 0.209 e. The van der Waals surface area contributed by atoms with E-state index >= 15 is 0 Å². The number of rotatable bonds is 4. The maximum atomic E-state index is 12.1. The molecule has 3 rings (SSSR count). The standard InChI is InChI=1S/C15H16BrN3OS/c16-12-7-5-11(6-8-12)13(20)10-21-15-17-14-4-2-1-3-9-19(14)18-15/h5-8H,1-4,9-10H2. The van der Waals surface area contributed by atoms with E-state index in [9.17, 15) is 4.79 Å². The quantitative estimate of drug-likeness (QED) is 0.611. The molecule has 1 aliphatic rings. The Hall–Kier alpha value is -1.14. The molecule has 0 unspecified atom stereocenters. The van der Waals surface area contributed by atoms with Crippen LogP contribution in [0.15, 0.2) is 33.9 Å². The number of carbonyl (C=O) groups excluding carboxylic acids is 1. The third-order valence-corrected chi connectivity index (χ3v) is 4.86. The van der Waals surface area contributed by atoms with Gasteiger partial charge in [-0.3, -0.25) is 4.79 Å². The summed E-state index contributed by atoms with van der Waals surface area (Å²) in [6, 6.07) is 7.44. The second kappa shape index (κ2) is 6.75. The molecule has 0 N–H and O–H groups in total. The largest absolute Gasteiger partial charge is 0.293 e. The van der Waals surface area contributed by atoms with Crippen molar-refractivity contribution in [3.8, 4) is 0 Å². The summed E-state index contributed by atoms with van der Waals surface area (Å²) >= 11 is 4.79. The average Bonchev–Trinajstić information content (AvgIpc) is 2.75. The van der Waals surface area contributed by atoms with Crippen LogP contribution in [-0.2, 0) is 13.0 Å². The lowest BCUT2D eigenvalue weighted by Gasteiger charge is -1.99. The lowest BCUT2D eigenvalue weighted by atomic mass is 10.2. The summed E-state index contributed by atoms with van der Waals surface area (Å²) < 4.78 is 2.98. The Balaban J connectivity index is 1.62. The van der Waals surface area contributed by atoms with Gasteiger partial charge in [-0.25, -0.2) is 9.67 Å². The average molecular weight is 366 g/mol. The van der Waals surface area contributed by atoms with Crippen LogP contribution in [0.2, 0.25) is 0 Å². The molecule has 0 atom stereocenters. The minimum absolute atomic E-state index is 0.109. The lowest BCUT2D eigenvalue weighted by molar-refractivity contribution is 0.102. The number of aromatic nitrogens is 3. The maximum Gasteiger partial charge on any atom is 0.209 e. The number of halogens is 1. The Morgan fingerprint density at radius 3 is 2.86 bits per heavy atom. The number of hydrogen-bond acceptors (Lipinski definition) is 4. The Morgan fingerprint density at radius 1 is 1.24 bits per heavy atom. The van der Waals surface area contributed by atoms with Crippen LogP contribution in [0.5, 0.6) is 0 Å². The molecule has 110 valence electrons. The van der Waals surface area contributed by atoms with Gasteiger partial charge in [0.15, 0.2) is 5.78 Å². The first-order chi connectivity index (χ1) is 10.2. The van der Waals surface area contributed by atoms with Crippen molar-refractivity contribution >= 4 is 33.5 Å². The van der Waals surface area contributed by atoms with E-state index < -0.39 is 0 Å². The van der Waals surface area contributed by atoms with E-state index in [1.807, 2.05) is 28.9 Å². The number of nitrogens with zero attached hydrogens (tertiary/aromatic N) is 3. The molecule has 0 fully saturated rings. The Morgan fingerprint density at radius 2 is 2.05 bits per heavy atom. The van der Waals surface area contributed by atoms with Gasteiger partial charge in [0, 0.05) is 23.0 Å². The van der Waals surface area contributed by atoms with Gasteiger partial charge in [-0.2, -0.15) is 0 Å². The molecule has 0 saturated heterocycles. The van der Waals surface area contributed by atoms with Crippen LogP contribution in [-0.4, -0.2) is 26.3 Å². The first kappa shape index (κ1) is 14.8. The summed E-state index contributed by atoms with van der Waals surface area (Å²) in [6.45, 7) is 0.948. The fraction of sp³-hybridized carbons (Fsp3) is 0.400. The molecule has 0 radical (unpaired) electrons. The number of hydrogen-bond donors (Lipinski definition) is 0. The van der Waals surface area contributed by atoms with Crippen molar-refractivity contribution in [2.24, 2.45) is 0 Å². The van der Waals surface area contributed by atoms with E-state index in [0.717, 1.165) is 40.4 Å². The molecule has 21 heavy (non-hydrogen) atoms. The zero-order valence-electron chi connectivity index (χ0n) is 11.6. The monoisotopic (exact) mass is 365 g/mol. The van der Waals surface area contributed by atoms with Gasteiger partial charge in [-0.05, 0) is 25.0 Å². The summed E-state index contributed by atoms with van der Waals surface area (Å²) in [4.78, 5) is 16.7. The number of thioether (sulfide) groups is 1. The Kier molecular flexibility index (Phi) is 4.75. The van der Waals surface area contributed by atoms with E-state index in [1.165, 1.54) is 24.6 Å². The van der Waals surface area contributed by atoms with E-state index in [4.69, 9.17) is 0 Å². The topological polar surface area (TPSA) is 47.8 Å². The van der Waals surface area contributed by atoms with Crippen LogP contribution in [0.25, 0.3) is 0 Å². The Labute approximate surface area is 136 Å². The van der Waals surface area contributed by atoms with Crippen LogP contribution >= 0.6 is 27.7 Å². The van der Waals surface area contributed by atoms with Crippen molar-refractivity contribution in [3.63, 3.8) is 0 Å². The predicted molar refractivity (Wildman–Crippen MR) is 86.8 cm³/mol. The molecule has 6 heteroatoms. The molecule has 1 aromatic heterocycles. The SMILES string of the molecule is O=C(CSc1nc2n(n1)CCCCC2)c1ccc(Br)cc1. The van der Waals surface area contributed by atoms with Gasteiger partial charge < -0.3 is 0 Å². The maximum absolute atomic E-state index is 12.1. The van der Waals surface area contributed by atoms with Crippen LogP contribution in [0.3, 0.4) is 0 Å². The van der Waals surface area contributed by atoms with Gasteiger partial charge >= 0.3 is 0 Å². The molecule has 2 aromatic rings. The molecule has 0 saturated carbocycles. The van der Waals surface area contributed by atoms with Gasteiger partial charge in [0.2, 0.25) is 5.16 Å². The molecular weight excluding hydrogens is 350 g/mol. The molecule has 1 aromatic carbocycles. The highest BCUT2D eigenvalue weighted by Crippen LogP contribution is 2.20. The highest BCUT2D eigenvalue weighted by Gasteiger charge is 2.14. The second-order valence-electron chi connectivity index (χ2n) is 5.06. The second-order valence-corrected chi connectivity index (χ2v) is 6.92. The highest BCUT2D eigenvalue weighted by atomic mass is 79.9. The Bertz CT molecular complexity index is 615. The van der Waals surface area contributed by atoms with Crippen LogP contribution in [0, 0.1) is 0 Å². The first-order valence-corrected chi connectivity index (χ1v) is 8.85. The summed E-state index contributed by atoms with van der Waals surface area (Å²) in [5.74, 6) is 1.55. The van der Waals surface area contributed by atoms with Crippen molar-refractivity contribution in [1.29, 1.82) is 0 Å². The van der Waals surface area contributed by atoms with Crippen molar-refractivity contribution in [2.45, 2.75) is 37.4 Å². The zero-order chi connectivity index (χ0) is 14.7. The number of Topliss-reactive ketones (excluding diaryl/α,β-unsaturated/α-hetero) is 1. The summed E-state index contributed by atoms with van der Waals surface area (Å²) in [5.41, 5.74) is 0.728. The lowest BCUT2D eigenvalue weighted by Crippen LogP contribution is -2.03. The van der Waals surface area contributed by atoms with Gasteiger partial charge in [0.1, 0.15) is 5.82 Å². The van der Waals surface area contributed by atoms with Crippen LogP contribution in [0.4, 0.5) is 0 Å². The normalized spacial score (nSPS) is 14.5. The third kappa shape index (κ3) is 3.74. The van der Waals surface area contributed by atoms with Gasteiger partial charge in [0.25, 0.3) is 0 Å². The van der Waals surface area contributed by atoms with Gasteiger partial charge in [0.05, 0.1) is 5.75 Å². The number of ketones is 1. The van der Waals surface area contributed by atoms with Crippen molar-refractivity contribution in [2.75, 3.05) is 5.75 Å². The number of benzene rings is 1. The minimum Gasteiger partial charge on any atom is -0.293 e. The summed E-state index contributed by atoms with van der Waals surface area (Å²) in [5, 5.41) is 5.22. The predicted octanol–water partition coefficient (Wildman–Crippen LogP) is 3.74. The van der Waals surface area contributed by atoms with Gasteiger partial charge in [-0.15, -0.1) is 5.10 Å². The number of fused-ring (bicyclic) bond motifs is 1. The molecule has 1 aliphatic heterocycles. The minimum atomic E-state index is 0.109.